The van der Waals surface area contributed by atoms with E-state index in [0.29, 0.717) is 0 Å². The van der Waals surface area contributed by atoms with E-state index in [2.05, 4.69) is 27.4 Å². The van der Waals surface area contributed by atoms with Crippen LogP contribution < -0.4 is 10.6 Å². The lowest BCUT2D eigenvalue weighted by atomic mass is 10.2. The summed E-state index contributed by atoms with van der Waals surface area (Å²) in [6.45, 7) is 2.14. The van der Waals surface area contributed by atoms with Gasteiger partial charge in [-0.15, -0.1) is 0 Å². The van der Waals surface area contributed by atoms with Gasteiger partial charge in [0, 0.05) is 36.4 Å². The highest BCUT2D eigenvalue weighted by Gasteiger charge is 2.13. The molecule has 1 unspecified atom stereocenters. The van der Waals surface area contributed by atoms with E-state index < -0.39 is 0 Å². The van der Waals surface area contributed by atoms with E-state index in [0.717, 1.165) is 24.8 Å². The van der Waals surface area contributed by atoms with Crippen molar-refractivity contribution in [1.82, 2.24) is 10.3 Å². The van der Waals surface area contributed by atoms with E-state index in [4.69, 9.17) is 0 Å². The van der Waals surface area contributed by atoms with Crippen LogP contribution in [0, 0.1) is 0 Å². The Kier molecular flexibility index (Phi) is 4.96. The summed E-state index contributed by atoms with van der Waals surface area (Å²) in [5.74, 6) is 2.62. The van der Waals surface area contributed by atoms with Crippen LogP contribution in [-0.4, -0.2) is 35.6 Å². The molecular formula is C12H19N3S. The van der Waals surface area contributed by atoms with E-state index in [-0.39, 0.29) is 0 Å². The first-order valence-electron chi connectivity index (χ1n) is 5.90. The number of rotatable bonds is 6. The number of hydrogen-bond acceptors (Lipinski definition) is 4. The first-order valence-corrected chi connectivity index (χ1v) is 7.05. The van der Waals surface area contributed by atoms with Gasteiger partial charge in [-0.3, -0.25) is 4.98 Å². The third-order valence-electron chi connectivity index (χ3n) is 2.73. The summed E-state index contributed by atoms with van der Waals surface area (Å²) in [6, 6.07) is 4.76. The molecule has 1 atom stereocenters. The largest absolute Gasteiger partial charge is 0.385 e. The van der Waals surface area contributed by atoms with Gasteiger partial charge in [-0.1, -0.05) is 0 Å². The van der Waals surface area contributed by atoms with Crippen molar-refractivity contribution in [2.75, 3.05) is 29.9 Å². The summed E-state index contributed by atoms with van der Waals surface area (Å²) in [7, 11) is 0. The van der Waals surface area contributed by atoms with Crippen molar-refractivity contribution in [1.29, 1.82) is 0 Å². The number of nitrogens with one attached hydrogen (secondary N) is 2. The van der Waals surface area contributed by atoms with Crippen LogP contribution in [0.4, 0.5) is 5.69 Å². The SMILES string of the molecule is c1cc(NCCCNC2CCSC2)ccn1. The minimum Gasteiger partial charge on any atom is -0.385 e. The molecule has 1 aliphatic rings. The number of thioether (sulfide) groups is 1. The van der Waals surface area contributed by atoms with Crippen LogP contribution in [0.25, 0.3) is 0 Å². The van der Waals surface area contributed by atoms with Gasteiger partial charge in [0.2, 0.25) is 0 Å². The van der Waals surface area contributed by atoms with Gasteiger partial charge in [0.15, 0.2) is 0 Å². The van der Waals surface area contributed by atoms with Gasteiger partial charge in [-0.2, -0.15) is 11.8 Å². The molecule has 0 radical (unpaired) electrons. The fraction of sp³-hybridized carbons (Fsp3) is 0.583. The Balaban J connectivity index is 1.52. The molecule has 0 spiro atoms. The average Bonchev–Trinajstić information content (AvgIpc) is 2.83. The zero-order valence-corrected chi connectivity index (χ0v) is 10.3. The lowest BCUT2D eigenvalue weighted by molar-refractivity contribution is 0.551. The summed E-state index contributed by atoms with van der Waals surface area (Å²) in [5.41, 5.74) is 1.16. The molecule has 0 saturated carbocycles. The van der Waals surface area contributed by atoms with Gasteiger partial charge in [0.05, 0.1) is 0 Å². The maximum Gasteiger partial charge on any atom is 0.0371 e. The third kappa shape index (κ3) is 4.02. The summed E-state index contributed by atoms with van der Waals surface area (Å²) < 4.78 is 0. The topological polar surface area (TPSA) is 37.0 Å². The third-order valence-corrected chi connectivity index (χ3v) is 3.89. The molecule has 88 valence electrons. The predicted molar refractivity (Wildman–Crippen MR) is 71.1 cm³/mol. The Labute approximate surface area is 101 Å². The summed E-state index contributed by atoms with van der Waals surface area (Å²) >= 11 is 2.06. The number of aromatic nitrogens is 1. The molecule has 16 heavy (non-hydrogen) atoms. The number of anilines is 1. The van der Waals surface area contributed by atoms with Crippen molar-refractivity contribution in [2.24, 2.45) is 0 Å². The lowest BCUT2D eigenvalue weighted by Gasteiger charge is -2.11. The van der Waals surface area contributed by atoms with Crippen molar-refractivity contribution >= 4 is 17.4 Å². The summed E-state index contributed by atoms with van der Waals surface area (Å²) in [4.78, 5) is 3.99. The minimum absolute atomic E-state index is 0.755. The Morgan fingerprint density at radius 3 is 2.94 bits per heavy atom. The molecule has 0 bridgehead atoms. The molecule has 0 aliphatic carbocycles. The Bertz CT molecular complexity index is 286. The second-order valence-corrected chi connectivity index (χ2v) is 5.18. The second-order valence-electron chi connectivity index (χ2n) is 4.03. The number of pyridine rings is 1. The van der Waals surface area contributed by atoms with Crippen LogP contribution in [0.5, 0.6) is 0 Å². The fourth-order valence-corrected chi connectivity index (χ4v) is 2.98. The van der Waals surface area contributed by atoms with E-state index >= 15 is 0 Å². The summed E-state index contributed by atoms with van der Waals surface area (Å²) in [6.07, 6.45) is 6.14. The molecule has 0 aromatic carbocycles. The molecule has 0 amide bonds. The van der Waals surface area contributed by atoms with Crippen LogP contribution in [-0.2, 0) is 0 Å². The highest BCUT2D eigenvalue weighted by atomic mass is 32.2. The minimum atomic E-state index is 0.755. The first-order chi connectivity index (χ1) is 7.95. The van der Waals surface area contributed by atoms with E-state index in [1.807, 2.05) is 24.5 Å². The van der Waals surface area contributed by atoms with Gasteiger partial charge in [0.25, 0.3) is 0 Å². The van der Waals surface area contributed by atoms with Gasteiger partial charge >= 0.3 is 0 Å². The molecule has 1 aromatic rings. The van der Waals surface area contributed by atoms with Crippen LogP contribution >= 0.6 is 11.8 Å². The Morgan fingerprint density at radius 1 is 1.31 bits per heavy atom. The van der Waals surface area contributed by atoms with Crippen LogP contribution in [0.3, 0.4) is 0 Å². The molecule has 1 fully saturated rings. The van der Waals surface area contributed by atoms with Crippen LogP contribution in [0.2, 0.25) is 0 Å². The van der Waals surface area contributed by atoms with E-state index in [1.165, 1.54) is 24.3 Å². The van der Waals surface area contributed by atoms with Crippen molar-refractivity contribution in [3.05, 3.63) is 24.5 Å². The molecule has 2 N–H and O–H groups in total. The molecule has 4 heteroatoms. The fourth-order valence-electron chi connectivity index (χ4n) is 1.79. The van der Waals surface area contributed by atoms with Gasteiger partial charge in [-0.25, -0.2) is 0 Å². The lowest BCUT2D eigenvalue weighted by Crippen LogP contribution is -2.30. The standard InChI is InChI=1S/C12H19N3S/c1(6-15-12-4-9-16-10-12)5-14-11-2-7-13-8-3-11/h2-3,7-8,12,15H,1,4-6,9-10H2,(H,13,14). The van der Waals surface area contributed by atoms with Crippen molar-refractivity contribution in [3.8, 4) is 0 Å². The van der Waals surface area contributed by atoms with Gasteiger partial charge < -0.3 is 10.6 Å². The van der Waals surface area contributed by atoms with Crippen molar-refractivity contribution < 1.29 is 0 Å². The van der Waals surface area contributed by atoms with Gasteiger partial charge in [-0.05, 0) is 37.3 Å². The van der Waals surface area contributed by atoms with Crippen molar-refractivity contribution in [3.63, 3.8) is 0 Å². The van der Waals surface area contributed by atoms with E-state index in [9.17, 15) is 0 Å². The predicted octanol–water partition coefficient (Wildman–Crippen LogP) is 1.98. The monoisotopic (exact) mass is 237 g/mol. The quantitative estimate of drug-likeness (QED) is 0.742. The molecule has 3 nitrogen and oxygen atoms in total. The molecule has 2 heterocycles. The second kappa shape index (κ2) is 6.76. The van der Waals surface area contributed by atoms with Crippen LogP contribution in [0.1, 0.15) is 12.8 Å². The normalized spacial score (nSPS) is 19.9. The molecular weight excluding hydrogens is 218 g/mol. The summed E-state index contributed by atoms with van der Waals surface area (Å²) in [5, 5.41) is 6.98. The van der Waals surface area contributed by atoms with Crippen LogP contribution in [0.15, 0.2) is 24.5 Å². The molecule has 1 saturated heterocycles. The number of nitrogens with zero attached hydrogens (tertiary/aromatic N) is 1. The number of hydrogen-bond donors (Lipinski definition) is 2. The van der Waals surface area contributed by atoms with E-state index in [1.54, 1.807) is 0 Å². The molecule has 2 rings (SSSR count). The van der Waals surface area contributed by atoms with Gasteiger partial charge in [0.1, 0.15) is 0 Å². The highest BCUT2D eigenvalue weighted by Crippen LogP contribution is 2.16. The maximum atomic E-state index is 3.99. The zero-order chi connectivity index (χ0) is 11.1. The molecule has 1 aliphatic heterocycles. The zero-order valence-electron chi connectivity index (χ0n) is 9.48. The Hall–Kier alpha value is -0.740. The maximum absolute atomic E-state index is 3.99. The first kappa shape index (κ1) is 11.7. The average molecular weight is 237 g/mol. The smallest absolute Gasteiger partial charge is 0.0371 e. The highest BCUT2D eigenvalue weighted by molar-refractivity contribution is 7.99. The Morgan fingerprint density at radius 2 is 2.19 bits per heavy atom. The molecule has 1 aromatic heterocycles. The van der Waals surface area contributed by atoms with Crippen molar-refractivity contribution in [2.45, 2.75) is 18.9 Å².